The summed E-state index contributed by atoms with van der Waals surface area (Å²) in [7, 11) is 0. The molecule has 7 heteroatoms. The fourth-order valence-electron chi connectivity index (χ4n) is 4.86. The van der Waals surface area contributed by atoms with Crippen molar-refractivity contribution in [2.45, 2.75) is 37.8 Å². The lowest BCUT2D eigenvalue weighted by Crippen LogP contribution is -2.58. The molecule has 2 aromatic carbocycles. The van der Waals surface area contributed by atoms with Gasteiger partial charge < -0.3 is 25.7 Å². The van der Waals surface area contributed by atoms with Gasteiger partial charge in [0, 0.05) is 37.7 Å². The Morgan fingerprint density at radius 1 is 0.969 bits per heavy atom. The van der Waals surface area contributed by atoms with E-state index >= 15 is 0 Å². The predicted octanol–water partition coefficient (Wildman–Crippen LogP) is 2.43. The maximum absolute atomic E-state index is 13.6. The van der Waals surface area contributed by atoms with Crippen molar-refractivity contribution in [3.05, 3.63) is 65.7 Å². The molecule has 2 aliphatic rings. The number of carbonyl (C=O) groups is 1. The average Bonchev–Trinajstić information content (AvgIpc) is 3.39. The van der Waals surface area contributed by atoms with Gasteiger partial charge in [0.05, 0.1) is 6.54 Å². The number of phenols is 1. The predicted molar refractivity (Wildman–Crippen MR) is 124 cm³/mol. The summed E-state index contributed by atoms with van der Waals surface area (Å²) >= 11 is 0. The van der Waals surface area contributed by atoms with Crippen molar-refractivity contribution in [2.24, 2.45) is 16.6 Å². The minimum atomic E-state index is -1.48. The Hall–Kier alpha value is -3.06. The molecule has 4 N–H and O–H groups in total. The molecule has 32 heavy (non-hydrogen) atoms. The Kier molecular flexibility index (Phi) is 6.65. The number of guanidine groups is 1. The molecule has 1 unspecified atom stereocenters. The van der Waals surface area contributed by atoms with Crippen LogP contribution in [0.5, 0.6) is 5.75 Å². The summed E-state index contributed by atoms with van der Waals surface area (Å²) in [6, 6.07) is 16.4. The van der Waals surface area contributed by atoms with Crippen LogP contribution in [0.25, 0.3) is 0 Å². The van der Waals surface area contributed by atoms with E-state index in [1.165, 1.54) is 0 Å². The molecule has 1 amide bonds. The highest BCUT2D eigenvalue weighted by Crippen LogP contribution is 2.42. The number of hydrogen-bond acceptors (Lipinski definition) is 4. The largest absolute Gasteiger partial charge is 0.508 e. The number of benzene rings is 2. The van der Waals surface area contributed by atoms with Crippen molar-refractivity contribution in [2.75, 3.05) is 26.2 Å². The summed E-state index contributed by atoms with van der Waals surface area (Å²) < 4.78 is 0. The van der Waals surface area contributed by atoms with Gasteiger partial charge in [0.1, 0.15) is 5.75 Å². The number of hydrogen-bond donors (Lipinski definition) is 3. The molecule has 0 radical (unpaired) electrons. The molecule has 0 spiro atoms. The van der Waals surface area contributed by atoms with Gasteiger partial charge in [0.15, 0.2) is 11.6 Å². The normalized spacial score (nSPS) is 19.7. The van der Waals surface area contributed by atoms with Crippen molar-refractivity contribution in [3.63, 3.8) is 0 Å². The van der Waals surface area contributed by atoms with Crippen LogP contribution in [0.4, 0.5) is 0 Å². The van der Waals surface area contributed by atoms with E-state index in [4.69, 9.17) is 5.73 Å². The molecule has 1 aliphatic heterocycles. The van der Waals surface area contributed by atoms with Gasteiger partial charge in [-0.15, -0.1) is 0 Å². The lowest BCUT2D eigenvalue weighted by atomic mass is 9.79. The number of nitrogens with zero attached hydrogens (tertiary/aromatic N) is 3. The van der Waals surface area contributed by atoms with E-state index in [1.54, 1.807) is 17.0 Å². The Labute approximate surface area is 189 Å². The second kappa shape index (κ2) is 9.61. The van der Waals surface area contributed by atoms with Crippen molar-refractivity contribution in [3.8, 4) is 5.75 Å². The maximum Gasteiger partial charge on any atom is 0.259 e. The monoisotopic (exact) mass is 436 g/mol. The molecule has 4 rings (SSSR count). The summed E-state index contributed by atoms with van der Waals surface area (Å²) in [5.74, 6) is 0.335. The van der Waals surface area contributed by atoms with Gasteiger partial charge in [-0.2, -0.15) is 0 Å². The van der Waals surface area contributed by atoms with Crippen molar-refractivity contribution >= 4 is 11.9 Å². The lowest BCUT2D eigenvalue weighted by molar-refractivity contribution is -0.160. The van der Waals surface area contributed by atoms with Crippen molar-refractivity contribution < 1.29 is 15.0 Å². The highest BCUT2D eigenvalue weighted by atomic mass is 16.3. The molecular formula is C25H32N4O3. The lowest BCUT2D eigenvalue weighted by Gasteiger charge is -2.41. The first kappa shape index (κ1) is 22.1. The first-order valence-corrected chi connectivity index (χ1v) is 11.4. The van der Waals surface area contributed by atoms with Crippen LogP contribution in [0, 0.1) is 5.92 Å². The van der Waals surface area contributed by atoms with E-state index in [-0.39, 0.29) is 17.6 Å². The van der Waals surface area contributed by atoms with Crippen molar-refractivity contribution in [1.29, 1.82) is 0 Å². The molecule has 1 heterocycles. The third-order valence-corrected chi connectivity index (χ3v) is 6.78. The number of aliphatic imine (C=N–C) groups is 1. The third kappa shape index (κ3) is 4.43. The van der Waals surface area contributed by atoms with Crippen LogP contribution in [0.15, 0.2) is 59.6 Å². The molecule has 7 nitrogen and oxygen atoms in total. The molecule has 2 aromatic rings. The molecule has 0 aromatic heterocycles. The number of carbonyl (C=O) groups excluding carboxylic acids is 1. The number of aliphatic hydroxyl groups is 1. The Morgan fingerprint density at radius 3 is 2.22 bits per heavy atom. The number of phenolic OH excluding ortho intramolecular Hbond substituents is 1. The Morgan fingerprint density at radius 2 is 1.56 bits per heavy atom. The Bertz CT molecular complexity index is 951. The second-order valence-corrected chi connectivity index (χ2v) is 8.70. The molecule has 1 aliphatic carbocycles. The van der Waals surface area contributed by atoms with E-state index in [0.717, 1.165) is 25.7 Å². The van der Waals surface area contributed by atoms with Crippen molar-refractivity contribution in [1.82, 2.24) is 9.80 Å². The van der Waals surface area contributed by atoms with E-state index in [1.807, 2.05) is 47.4 Å². The van der Waals surface area contributed by atoms with Gasteiger partial charge >= 0.3 is 0 Å². The van der Waals surface area contributed by atoms with Crippen LogP contribution in [-0.2, 0) is 16.9 Å². The molecule has 1 atom stereocenters. The zero-order valence-electron chi connectivity index (χ0n) is 18.4. The third-order valence-electron chi connectivity index (χ3n) is 6.78. The van der Waals surface area contributed by atoms with Gasteiger partial charge in [-0.3, -0.25) is 4.79 Å². The molecule has 0 bridgehead atoms. The van der Waals surface area contributed by atoms with Crippen LogP contribution < -0.4 is 5.73 Å². The molecule has 2 fully saturated rings. The molecule has 170 valence electrons. The van der Waals surface area contributed by atoms with Crippen LogP contribution in [0.3, 0.4) is 0 Å². The quantitative estimate of drug-likeness (QED) is 0.494. The maximum atomic E-state index is 13.6. The SMILES string of the molecule is NC(=NCc1ccccc1O)N1CCN(C(=O)C(O)(c2ccccc2)C2CCCC2)CC1. The molecule has 1 saturated carbocycles. The summed E-state index contributed by atoms with van der Waals surface area (Å²) in [4.78, 5) is 21.7. The van der Waals surface area contributed by atoms with Crippen LogP contribution in [-0.4, -0.2) is 58.1 Å². The first-order valence-electron chi connectivity index (χ1n) is 11.4. The Balaban J connectivity index is 1.43. The van der Waals surface area contributed by atoms with E-state index in [2.05, 4.69) is 4.99 Å². The van der Waals surface area contributed by atoms with Gasteiger partial charge in [-0.25, -0.2) is 4.99 Å². The fourth-order valence-corrected chi connectivity index (χ4v) is 4.86. The van der Waals surface area contributed by atoms with E-state index in [0.29, 0.717) is 49.8 Å². The van der Waals surface area contributed by atoms with E-state index in [9.17, 15) is 15.0 Å². The minimum absolute atomic E-state index is 0.0550. The van der Waals surface area contributed by atoms with Gasteiger partial charge in [-0.05, 0) is 24.5 Å². The minimum Gasteiger partial charge on any atom is -0.508 e. The highest BCUT2D eigenvalue weighted by molar-refractivity contribution is 5.87. The number of piperazine rings is 1. The number of aromatic hydroxyl groups is 1. The van der Waals surface area contributed by atoms with Crippen LogP contribution in [0.1, 0.15) is 36.8 Å². The van der Waals surface area contributed by atoms with Gasteiger partial charge in [-0.1, -0.05) is 61.4 Å². The standard InChI is InChI=1S/C25H32N4O3/c26-24(27-18-19-8-4-7-13-22(19)30)29-16-14-28(15-17-29)23(31)25(32,21-11-5-6-12-21)20-9-2-1-3-10-20/h1-4,7-10,13,21,30,32H,5-6,11-12,14-18H2,(H2,26,27). The number of para-hydroxylation sites is 1. The van der Waals surface area contributed by atoms with Gasteiger partial charge in [0.25, 0.3) is 5.91 Å². The first-order chi connectivity index (χ1) is 15.5. The van der Waals surface area contributed by atoms with Crippen LogP contribution >= 0.6 is 0 Å². The second-order valence-electron chi connectivity index (χ2n) is 8.70. The van der Waals surface area contributed by atoms with Crippen LogP contribution in [0.2, 0.25) is 0 Å². The summed E-state index contributed by atoms with van der Waals surface area (Å²) in [6.07, 6.45) is 3.82. The number of nitrogens with two attached hydrogens (primary N) is 1. The molecule has 1 saturated heterocycles. The summed E-state index contributed by atoms with van der Waals surface area (Å²) in [5.41, 5.74) is 6.10. The highest BCUT2D eigenvalue weighted by Gasteiger charge is 2.48. The topological polar surface area (TPSA) is 102 Å². The average molecular weight is 437 g/mol. The zero-order valence-corrected chi connectivity index (χ0v) is 18.4. The number of rotatable bonds is 5. The smallest absolute Gasteiger partial charge is 0.259 e. The van der Waals surface area contributed by atoms with Gasteiger partial charge in [0.2, 0.25) is 0 Å². The molecular weight excluding hydrogens is 404 g/mol. The fraction of sp³-hybridized carbons (Fsp3) is 0.440. The van der Waals surface area contributed by atoms with E-state index < -0.39 is 5.60 Å². The number of amides is 1. The summed E-state index contributed by atoms with van der Waals surface area (Å²) in [6.45, 7) is 2.36. The summed E-state index contributed by atoms with van der Waals surface area (Å²) in [5, 5.41) is 21.6. The zero-order chi connectivity index (χ0) is 22.6.